The van der Waals surface area contributed by atoms with Crippen LogP contribution in [0.3, 0.4) is 0 Å². The molecule has 0 radical (unpaired) electrons. The summed E-state index contributed by atoms with van der Waals surface area (Å²) >= 11 is 0. The fourth-order valence-corrected chi connectivity index (χ4v) is 3.10. The molecule has 0 heterocycles. The van der Waals surface area contributed by atoms with Crippen molar-refractivity contribution in [1.82, 2.24) is 0 Å². The molecule has 2 nitrogen and oxygen atoms in total. The highest BCUT2D eigenvalue weighted by Crippen LogP contribution is 2.49. The molecule has 70 valence electrons. The van der Waals surface area contributed by atoms with Crippen molar-refractivity contribution < 1.29 is 5.11 Å². The first-order valence-corrected chi connectivity index (χ1v) is 5.12. The number of hydrogen-bond acceptors (Lipinski definition) is 2. The minimum Gasteiger partial charge on any atom is -0.391 e. The van der Waals surface area contributed by atoms with Crippen LogP contribution in [-0.4, -0.2) is 17.3 Å². The molecule has 0 saturated heterocycles. The summed E-state index contributed by atoms with van der Waals surface area (Å²) in [5, 5.41) is 9.82. The van der Waals surface area contributed by atoms with E-state index in [1.54, 1.807) is 0 Å². The Bertz CT molecular complexity index is 169. The number of aliphatic hydroxyl groups excluding tert-OH is 1. The van der Waals surface area contributed by atoms with E-state index in [0.29, 0.717) is 5.92 Å². The fraction of sp³-hybridized carbons (Fsp3) is 1.00. The second-order valence-corrected chi connectivity index (χ2v) is 4.69. The molecule has 0 spiro atoms. The molecule has 3 N–H and O–H groups in total. The first-order chi connectivity index (χ1) is 5.68. The van der Waals surface area contributed by atoms with Crippen molar-refractivity contribution in [3.05, 3.63) is 0 Å². The van der Waals surface area contributed by atoms with Crippen molar-refractivity contribution in [2.24, 2.45) is 23.5 Å². The lowest BCUT2D eigenvalue weighted by atomic mass is 9.82. The minimum absolute atomic E-state index is 0.0469. The molecule has 0 aromatic rings. The molecule has 0 aromatic carbocycles. The van der Waals surface area contributed by atoms with Crippen molar-refractivity contribution in [1.29, 1.82) is 0 Å². The summed E-state index contributed by atoms with van der Waals surface area (Å²) < 4.78 is 0. The van der Waals surface area contributed by atoms with E-state index < -0.39 is 0 Å². The van der Waals surface area contributed by atoms with Gasteiger partial charge in [-0.1, -0.05) is 6.42 Å². The maximum Gasteiger partial charge on any atom is 0.0719 e. The average Bonchev–Trinajstić information content (AvgIpc) is 2.62. The molecular weight excluding hydrogens is 150 g/mol. The summed E-state index contributed by atoms with van der Waals surface area (Å²) in [6.45, 7) is 1.91. The van der Waals surface area contributed by atoms with Gasteiger partial charge in [-0.3, -0.25) is 0 Å². The number of nitrogens with two attached hydrogens (primary N) is 1. The Morgan fingerprint density at radius 1 is 1.33 bits per heavy atom. The summed E-state index contributed by atoms with van der Waals surface area (Å²) in [6, 6.07) is -0.0469. The number of hydrogen-bond donors (Lipinski definition) is 2. The van der Waals surface area contributed by atoms with E-state index in [1.165, 1.54) is 25.7 Å². The third-order valence-electron chi connectivity index (χ3n) is 3.77. The monoisotopic (exact) mass is 169 g/mol. The van der Waals surface area contributed by atoms with Gasteiger partial charge in [0.2, 0.25) is 0 Å². The van der Waals surface area contributed by atoms with Gasteiger partial charge < -0.3 is 10.8 Å². The lowest BCUT2D eigenvalue weighted by Gasteiger charge is -2.28. The van der Waals surface area contributed by atoms with Gasteiger partial charge >= 0.3 is 0 Å². The van der Waals surface area contributed by atoms with Gasteiger partial charge in [-0.25, -0.2) is 0 Å². The van der Waals surface area contributed by atoms with E-state index in [9.17, 15) is 5.11 Å². The molecule has 12 heavy (non-hydrogen) atoms. The van der Waals surface area contributed by atoms with Crippen LogP contribution in [0.5, 0.6) is 0 Å². The third kappa shape index (κ3) is 1.27. The molecule has 0 aromatic heterocycles. The van der Waals surface area contributed by atoms with Crippen LogP contribution in [0.4, 0.5) is 0 Å². The molecule has 2 fully saturated rings. The average molecular weight is 169 g/mol. The highest BCUT2D eigenvalue weighted by atomic mass is 16.3. The van der Waals surface area contributed by atoms with E-state index >= 15 is 0 Å². The van der Waals surface area contributed by atoms with Gasteiger partial charge in [0.1, 0.15) is 0 Å². The van der Waals surface area contributed by atoms with Crippen LogP contribution in [0.1, 0.15) is 32.6 Å². The molecule has 2 aliphatic carbocycles. The third-order valence-corrected chi connectivity index (χ3v) is 3.77. The molecular formula is C10H19NO. The Hall–Kier alpha value is -0.0800. The van der Waals surface area contributed by atoms with Gasteiger partial charge in [0, 0.05) is 6.04 Å². The number of fused-ring (bicyclic) bond motifs is 2. The lowest BCUT2D eigenvalue weighted by Crippen LogP contribution is -2.39. The second-order valence-electron chi connectivity index (χ2n) is 4.69. The Kier molecular flexibility index (Phi) is 2.13. The van der Waals surface area contributed by atoms with E-state index in [2.05, 4.69) is 0 Å². The maximum absolute atomic E-state index is 9.82. The highest BCUT2D eigenvalue weighted by Gasteiger charge is 2.43. The molecule has 2 rings (SSSR count). The standard InChI is InChI=1S/C10H19NO/c1-6(11)10(12)9-5-7-2-3-8(9)4-7/h6-10,12H,2-5,11H2,1H3. The summed E-state index contributed by atoms with van der Waals surface area (Å²) in [5.74, 6) is 2.22. The van der Waals surface area contributed by atoms with Crippen LogP contribution < -0.4 is 5.73 Å². The molecule has 2 saturated carbocycles. The van der Waals surface area contributed by atoms with Gasteiger partial charge in [0.25, 0.3) is 0 Å². The van der Waals surface area contributed by atoms with Crippen LogP contribution in [0, 0.1) is 17.8 Å². The SMILES string of the molecule is CC(N)C(O)C1CC2CCC1C2. The summed E-state index contributed by atoms with van der Waals surface area (Å²) in [6.07, 6.45) is 5.06. The fourth-order valence-electron chi connectivity index (χ4n) is 3.10. The Morgan fingerprint density at radius 3 is 2.50 bits per heavy atom. The quantitative estimate of drug-likeness (QED) is 0.651. The number of aliphatic hydroxyl groups is 1. The van der Waals surface area contributed by atoms with Gasteiger partial charge in [-0.15, -0.1) is 0 Å². The zero-order chi connectivity index (χ0) is 8.72. The van der Waals surface area contributed by atoms with Gasteiger partial charge in [-0.2, -0.15) is 0 Å². The van der Waals surface area contributed by atoms with Crippen LogP contribution >= 0.6 is 0 Å². The predicted octanol–water partition coefficient (Wildman–Crippen LogP) is 1.13. The van der Waals surface area contributed by atoms with Gasteiger partial charge in [-0.05, 0) is 43.9 Å². The van der Waals surface area contributed by atoms with Crippen molar-refractivity contribution in [3.8, 4) is 0 Å². The van der Waals surface area contributed by atoms with Gasteiger partial charge in [0.05, 0.1) is 6.10 Å². The van der Waals surface area contributed by atoms with E-state index in [4.69, 9.17) is 5.73 Å². The first-order valence-electron chi connectivity index (χ1n) is 5.12. The maximum atomic E-state index is 9.82. The van der Waals surface area contributed by atoms with Crippen LogP contribution in [0.15, 0.2) is 0 Å². The van der Waals surface area contributed by atoms with Crippen molar-refractivity contribution in [2.75, 3.05) is 0 Å². The van der Waals surface area contributed by atoms with Crippen molar-refractivity contribution >= 4 is 0 Å². The van der Waals surface area contributed by atoms with E-state index in [0.717, 1.165) is 11.8 Å². The van der Waals surface area contributed by atoms with Gasteiger partial charge in [0.15, 0.2) is 0 Å². The lowest BCUT2D eigenvalue weighted by molar-refractivity contribution is 0.0577. The van der Waals surface area contributed by atoms with Crippen molar-refractivity contribution in [2.45, 2.75) is 44.8 Å². The van der Waals surface area contributed by atoms with Crippen molar-refractivity contribution in [3.63, 3.8) is 0 Å². The topological polar surface area (TPSA) is 46.2 Å². The first kappa shape index (κ1) is 8.52. The van der Waals surface area contributed by atoms with Crippen LogP contribution in [0.2, 0.25) is 0 Å². The zero-order valence-electron chi connectivity index (χ0n) is 7.74. The molecule has 5 unspecified atom stereocenters. The molecule has 0 aliphatic heterocycles. The summed E-state index contributed by atoms with van der Waals surface area (Å²) in [4.78, 5) is 0. The summed E-state index contributed by atoms with van der Waals surface area (Å²) in [5.41, 5.74) is 5.70. The van der Waals surface area contributed by atoms with E-state index in [1.807, 2.05) is 6.92 Å². The predicted molar refractivity (Wildman–Crippen MR) is 48.6 cm³/mol. The Balaban J connectivity index is 1.97. The van der Waals surface area contributed by atoms with E-state index in [-0.39, 0.29) is 12.1 Å². The molecule has 5 atom stereocenters. The summed E-state index contributed by atoms with van der Waals surface area (Å²) in [7, 11) is 0. The molecule has 2 heteroatoms. The minimum atomic E-state index is -0.250. The normalized spacial score (nSPS) is 44.8. The number of rotatable bonds is 2. The zero-order valence-corrected chi connectivity index (χ0v) is 7.74. The Morgan fingerprint density at radius 2 is 2.08 bits per heavy atom. The van der Waals surface area contributed by atoms with Crippen LogP contribution in [-0.2, 0) is 0 Å². The Labute approximate surface area is 74.1 Å². The largest absolute Gasteiger partial charge is 0.391 e. The molecule has 0 amide bonds. The second kappa shape index (κ2) is 3.00. The van der Waals surface area contributed by atoms with Crippen LogP contribution in [0.25, 0.3) is 0 Å². The smallest absolute Gasteiger partial charge is 0.0719 e. The molecule has 2 bridgehead atoms. The highest BCUT2D eigenvalue weighted by molar-refractivity contribution is 4.94. The molecule has 2 aliphatic rings.